The first-order chi connectivity index (χ1) is 11.3. The van der Waals surface area contributed by atoms with Gasteiger partial charge in [-0.25, -0.2) is 0 Å². The van der Waals surface area contributed by atoms with E-state index in [0.717, 1.165) is 34.0 Å². The second-order valence-corrected chi connectivity index (χ2v) is 5.21. The van der Waals surface area contributed by atoms with E-state index in [4.69, 9.17) is 4.52 Å². The number of halogens is 3. The maximum atomic E-state index is 12.7. The van der Waals surface area contributed by atoms with Crippen molar-refractivity contribution in [1.29, 1.82) is 0 Å². The van der Waals surface area contributed by atoms with Gasteiger partial charge >= 0.3 is 6.18 Å². The van der Waals surface area contributed by atoms with E-state index in [2.05, 4.69) is 10.1 Å². The first-order valence-corrected chi connectivity index (χ1v) is 7.01. The Hall–Kier alpha value is -2.90. The molecule has 0 amide bonds. The maximum absolute atomic E-state index is 12.7. The van der Waals surface area contributed by atoms with Gasteiger partial charge < -0.3 is 9.09 Å². The summed E-state index contributed by atoms with van der Waals surface area (Å²) in [7, 11) is 0. The average Bonchev–Trinajstić information content (AvgIpc) is 2.97. The van der Waals surface area contributed by atoms with Crippen LogP contribution in [0.25, 0.3) is 11.4 Å². The molecular weight excluding hydrogens is 323 g/mol. The van der Waals surface area contributed by atoms with Gasteiger partial charge in [-0.05, 0) is 18.6 Å². The van der Waals surface area contributed by atoms with Gasteiger partial charge in [0.1, 0.15) is 6.54 Å². The summed E-state index contributed by atoms with van der Waals surface area (Å²) in [5.74, 6) is 0.373. The monoisotopic (exact) mass is 335 g/mol. The highest BCUT2D eigenvalue weighted by Gasteiger charge is 2.31. The maximum Gasteiger partial charge on any atom is 0.417 e. The summed E-state index contributed by atoms with van der Waals surface area (Å²) in [5, 5.41) is 3.82. The van der Waals surface area contributed by atoms with Gasteiger partial charge in [0, 0.05) is 17.8 Å². The zero-order valence-corrected chi connectivity index (χ0v) is 12.5. The minimum Gasteiger partial charge on any atom is -0.337 e. The number of pyridine rings is 1. The molecule has 0 fully saturated rings. The molecule has 2 aromatic heterocycles. The summed E-state index contributed by atoms with van der Waals surface area (Å²) in [5.41, 5.74) is 0.185. The minimum absolute atomic E-state index is 0.0506. The molecule has 0 aliphatic carbocycles. The molecule has 0 N–H and O–H groups in total. The number of hydrogen-bond acceptors (Lipinski definition) is 4. The van der Waals surface area contributed by atoms with Crippen LogP contribution in [0.5, 0.6) is 0 Å². The fourth-order valence-electron chi connectivity index (χ4n) is 2.22. The lowest BCUT2D eigenvalue weighted by Crippen LogP contribution is -2.22. The second-order valence-electron chi connectivity index (χ2n) is 5.21. The highest BCUT2D eigenvalue weighted by molar-refractivity contribution is 5.58. The lowest BCUT2D eigenvalue weighted by atomic mass is 10.1. The molecule has 124 valence electrons. The molecule has 5 nitrogen and oxygen atoms in total. The zero-order chi connectivity index (χ0) is 17.3. The second kappa shape index (κ2) is 5.95. The van der Waals surface area contributed by atoms with Gasteiger partial charge in [0.05, 0.1) is 5.56 Å². The van der Waals surface area contributed by atoms with Crippen molar-refractivity contribution >= 4 is 0 Å². The Morgan fingerprint density at radius 1 is 1.17 bits per heavy atom. The highest BCUT2D eigenvalue weighted by Crippen LogP contribution is 2.28. The van der Waals surface area contributed by atoms with Crippen molar-refractivity contribution in [3.8, 4) is 11.4 Å². The van der Waals surface area contributed by atoms with E-state index in [1.54, 1.807) is 6.07 Å². The van der Waals surface area contributed by atoms with Crippen LogP contribution in [0, 0.1) is 6.92 Å². The van der Waals surface area contributed by atoms with Crippen molar-refractivity contribution in [2.45, 2.75) is 19.6 Å². The van der Waals surface area contributed by atoms with Crippen molar-refractivity contribution in [3.63, 3.8) is 0 Å². The van der Waals surface area contributed by atoms with Crippen LogP contribution in [0.2, 0.25) is 0 Å². The van der Waals surface area contributed by atoms with Crippen molar-refractivity contribution in [2.75, 3.05) is 0 Å². The largest absolute Gasteiger partial charge is 0.417 e. The van der Waals surface area contributed by atoms with Crippen molar-refractivity contribution < 1.29 is 17.7 Å². The van der Waals surface area contributed by atoms with Gasteiger partial charge in [-0.2, -0.15) is 18.2 Å². The van der Waals surface area contributed by atoms with Gasteiger partial charge in [0.15, 0.2) is 0 Å². The lowest BCUT2D eigenvalue weighted by Gasteiger charge is -2.08. The molecule has 0 saturated carbocycles. The first-order valence-electron chi connectivity index (χ1n) is 7.01. The molecule has 0 unspecified atom stereocenters. The molecule has 3 aromatic rings. The van der Waals surface area contributed by atoms with E-state index in [1.165, 1.54) is 0 Å². The Bertz CT molecular complexity index is 929. The Morgan fingerprint density at radius 2 is 1.92 bits per heavy atom. The van der Waals surface area contributed by atoms with Gasteiger partial charge in [0.25, 0.3) is 5.56 Å². The highest BCUT2D eigenvalue weighted by atomic mass is 19.4. The fourth-order valence-corrected chi connectivity index (χ4v) is 2.22. The molecule has 2 heterocycles. The Morgan fingerprint density at radius 3 is 2.62 bits per heavy atom. The number of aromatic nitrogens is 3. The fraction of sp³-hybridized carbons (Fsp3) is 0.188. The normalized spacial score (nSPS) is 11.7. The molecule has 0 saturated heterocycles. The van der Waals surface area contributed by atoms with E-state index in [0.29, 0.717) is 5.82 Å². The van der Waals surface area contributed by atoms with Crippen LogP contribution in [-0.4, -0.2) is 14.7 Å². The Labute approximate surface area is 134 Å². The third-order valence-electron chi connectivity index (χ3n) is 3.47. The predicted octanol–water partition coefficient (Wildman–Crippen LogP) is 3.27. The molecule has 8 heteroatoms. The zero-order valence-electron chi connectivity index (χ0n) is 12.5. The summed E-state index contributed by atoms with van der Waals surface area (Å²) < 4.78 is 44.2. The predicted molar refractivity (Wildman–Crippen MR) is 79.3 cm³/mol. The van der Waals surface area contributed by atoms with E-state index < -0.39 is 17.3 Å². The van der Waals surface area contributed by atoms with E-state index in [1.807, 2.05) is 25.1 Å². The van der Waals surface area contributed by atoms with Gasteiger partial charge in [0.2, 0.25) is 11.7 Å². The lowest BCUT2D eigenvalue weighted by molar-refractivity contribution is -0.138. The number of rotatable bonds is 3. The number of nitrogens with zero attached hydrogens (tertiary/aromatic N) is 3. The van der Waals surface area contributed by atoms with E-state index in [9.17, 15) is 18.0 Å². The number of alkyl halides is 3. The van der Waals surface area contributed by atoms with Gasteiger partial charge in [-0.3, -0.25) is 4.79 Å². The molecule has 0 aliphatic rings. The van der Waals surface area contributed by atoms with Gasteiger partial charge in [-0.15, -0.1) is 0 Å². The summed E-state index contributed by atoms with van der Waals surface area (Å²) >= 11 is 0. The molecule has 0 aliphatic heterocycles. The van der Waals surface area contributed by atoms with Crippen molar-refractivity contribution in [1.82, 2.24) is 14.7 Å². The van der Waals surface area contributed by atoms with E-state index >= 15 is 0 Å². The van der Waals surface area contributed by atoms with Crippen molar-refractivity contribution in [2.24, 2.45) is 0 Å². The smallest absolute Gasteiger partial charge is 0.337 e. The summed E-state index contributed by atoms with van der Waals surface area (Å²) in [6.07, 6.45) is -3.80. The average molecular weight is 335 g/mol. The Kier molecular flexibility index (Phi) is 3.96. The van der Waals surface area contributed by atoms with Crippen molar-refractivity contribution in [3.05, 3.63) is 70.0 Å². The molecule has 3 rings (SSSR count). The minimum atomic E-state index is -4.53. The quantitative estimate of drug-likeness (QED) is 0.737. The SMILES string of the molecule is Cc1ccccc1-c1noc(Cn2cc(C(F)(F)F)ccc2=O)n1. The molecule has 0 atom stereocenters. The summed E-state index contributed by atoms with van der Waals surface area (Å²) in [6, 6.07) is 8.97. The topological polar surface area (TPSA) is 60.9 Å². The van der Waals surface area contributed by atoms with Crippen LogP contribution in [-0.2, 0) is 12.7 Å². The van der Waals surface area contributed by atoms with E-state index in [-0.39, 0.29) is 12.4 Å². The van der Waals surface area contributed by atoms with Crippen LogP contribution in [0.4, 0.5) is 13.2 Å². The molecule has 24 heavy (non-hydrogen) atoms. The van der Waals surface area contributed by atoms with Crippen LogP contribution in [0.3, 0.4) is 0 Å². The summed E-state index contributed by atoms with van der Waals surface area (Å²) in [6.45, 7) is 1.64. The number of benzene rings is 1. The molecule has 0 spiro atoms. The van der Waals surface area contributed by atoms with Crippen LogP contribution in [0.15, 0.2) is 51.9 Å². The third-order valence-corrected chi connectivity index (χ3v) is 3.47. The number of hydrogen-bond donors (Lipinski definition) is 0. The summed E-state index contributed by atoms with van der Waals surface area (Å²) in [4.78, 5) is 15.9. The standard InChI is InChI=1S/C16H12F3N3O2/c1-10-4-2-3-5-12(10)15-20-13(24-21-15)9-22-8-11(16(17,18)19)6-7-14(22)23/h2-8H,9H2,1H3. The van der Waals surface area contributed by atoms with Crippen LogP contribution < -0.4 is 5.56 Å². The molecule has 0 radical (unpaired) electrons. The van der Waals surface area contributed by atoms with Gasteiger partial charge in [-0.1, -0.05) is 29.4 Å². The first kappa shape index (κ1) is 16.0. The Balaban J connectivity index is 1.91. The molecular formula is C16H12F3N3O2. The van der Waals surface area contributed by atoms with Crippen LogP contribution >= 0.6 is 0 Å². The molecule has 0 bridgehead atoms. The third kappa shape index (κ3) is 3.22. The molecule has 1 aromatic carbocycles. The van der Waals surface area contributed by atoms with Crippen LogP contribution in [0.1, 0.15) is 17.0 Å². The number of aryl methyl sites for hydroxylation is 1.